The van der Waals surface area contributed by atoms with Gasteiger partial charge in [0.15, 0.2) is 0 Å². The van der Waals surface area contributed by atoms with E-state index >= 15 is 0 Å². The van der Waals surface area contributed by atoms with E-state index in [0.717, 1.165) is 4.31 Å². The summed E-state index contributed by atoms with van der Waals surface area (Å²) < 4.78 is 34.7. The molecular formula is C32H31Cl2N3O5S. The van der Waals surface area contributed by atoms with Crippen LogP contribution >= 0.6 is 23.2 Å². The lowest BCUT2D eigenvalue weighted by molar-refractivity contribution is -0.139. The van der Waals surface area contributed by atoms with Gasteiger partial charge in [-0.3, -0.25) is 13.9 Å². The van der Waals surface area contributed by atoms with Crippen molar-refractivity contribution >= 4 is 50.7 Å². The number of nitrogens with one attached hydrogen (secondary N) is 1. The summed E-state index contributed by atoms with van der Waals surface area (Å²) in [5, 5.41) is 3.46. The predicted octanol–water partition coefficient (Wildman–Crippen LogP) is 6.53. The van der Waals surface area contributed by atoms with Gasteiger partial charge >= 0.3 is 0 Å². The maximum absolute atomic E-state index is 14.0. The quantitative estimate of drug-likeness (QED) is 0.190. The summed E-state index contributed by atoms with van der Waals surface area (Å²) in [5.41, 5.74) is 0.795. The number of likely N-dealkylation sites (N-methyl/N-ethyl adjacent to an activating group) is 1. The van der Waals surface area contributed by atoms with Crippen molar-refractivity contribution in [1.29, 1.82) is 0 Å². The van der Waals surface area contributed by atoms with Crippen molar-refractivity contribution in [2.45, 2.75) is 31.3 Å². The van der Waals surface area contributed by atoms with Crippen molar-refractivity contribution in [3.8, 4) is 11.5 Å². The number of benzene rings is 4. The predicted molar refractivity (Wildman–Crippen MR) is 169 cm³/mol. The minimum absolute atomic E-state index is 0.0106. The topological polar surface area (TPSA) is 96.0 Å². The number of hydrogen-bond donors (Lipinski definition) is 1. The van der Waals surface area contributed by atoms with E-state index in [4.69, 9.17) is 27.9 Å². The number of carbonyl (C=O) groups excluding carboxylic acids is 2. The number of amides is 2. The molecule has 0 spiro atoms. The van der Waals surface area contributed by atoms with E-state index in [1.807, 2.05) is 18.2 Å². The Balaban J connectivity index is 1.70. The summed E-state index contributed by atoms with van der Waals surface area (Å²) in [7, 11) is -4.20. The maximum Gasteiger partial charge on any atom is 0.264 e. The first kappa shape index (κ1) is 31.9. The van der Waals surface area contributed by atoms with Crippen LogP contribution in [0.2, 0.25) is 10.0 Å². The number of nitrogens with zero attached hydrogens (tertiary/aromatic N) is 2. The van der Waals surface area contributed by atoms with Gasteiger partial charge in [0.2, 0.25) is 11.8 Å². The number of ether oxygens (including phenoxy) is 1. The number of hydrogen-bond acceptors (Lipinski definition) is 5. The molecule has 4 aromatic carbocycles. The fraction of sp³-hybridized carbons (Fsp3) is 0.188. The Kier molecular flexibility index (Phi) is 10.7. The van der Waals surface area contributed by atoms with E-state index in [0.29, 0.717) is 33.7 Å². The third-order valence-corrected chi connectivity index (χ3v) is 8.96. The van der Waals surface area contributed by atoms with E-state index in [-0.39, 0.29) is 23.0 Å². The first-order chi connectivity index (χ1) is 20.6. The van der Waals surface area contributed by atoms with Gasteiger partial charge in [0, 0.05) is 23.1 Å². The SMILES string of the molecule is CCNC(=O)[C@H](C)N(Cc1ccc(Cl)cc1Cl)C(=O)CN(c1ccc(Oc2ccccc2)cc1)S(=O)(=O)c1ccccc1. The molecule has 1 atom stereocenters. The van der Waals surface area contributed by atoms with Gasteiger partial charge in [0.25, 0.3) is 10.0 Å². The highest BCUT2D eigenvalue weighted by Crippen LogP contribution is 2.29. The highest BCUT2D eigenvalue weighted by Gasteiger charge is 2.32. The average Bonchev–Trinajstić information content (AvgIpc) is 3.00. The molecule has 0 saturated heterocycles. The minimum Gasteiger partial charge on any atom is -0.457 e. The molecule has 0 radical (unpaired) electrons. The molecule has 0 aliphatic heterocycles. The van der Waals surface area contributed by atoms with Crippen LogP contribution in [0.15, 0.2) is 108 Å². The number of carbonyl (C=O) groups is 2. The van der Waals surface area contributed by atoms with Crippen LogP contribution in [0.3, 0.4) is 0 Å². The Morgan fingerprint density at radius 3 is 2.07 bits per heavy atom. The van der Waals surface area contributed by atoms with E-state index in [1.54, 1.807) is 86.6 Å². The molecule has 4 aromatic rings. The standard InChI is InChI=1S/C32H31Cl2N3O5S/c1-3-35-32(39)23(2)36(21-24-14-15-25(33)20-30(24)34)31(38)22-37(43(40,41)29-12-8-5-9-13-29)26-16-18-28(19-17-26)42-27-10-6-4-7-11-27/h4-20,23H,3,21-22H2,1-2H3,(H,35,39)/t23-/m0/s1. The molecule has 43 heavy (non-hydrogen) atoms. The van der Waals surface area contributed by atoms with Crippen molar-refractivity contribution in [2.75, 3.05) is 17.4 Å². The Bertz CT molecular complexity index is 1650. The molecule has 0 bridgehead atoms. The lowest BCUT2D eigenvalue weighted by atomic mass is 10.1. The smallest absolute Gasteiger partial charge is 0.264 e. The first-order valence-electron chi connectivity index (χ1n) is 13.5. The van der Waals surface area contributed by atoms with Crippen molar-refractivity contribution < 1.29 is 22.7 Å². The van der Waals surface area contributed by atoms with Gasteiger partial charge < -0.3 is 15.0 Å². The zero-order valence-electron chi connectivity index (χ0n) is 23.6. The van der Waals surface area contributed by atoms with Crippen LogP contribution in [0.1, 0.15) is 19.4 Å². The normalized spacial score (nSPS) is 11.8. The molecule has 0 aliphatic carbocycles. The van der Waals surface area contributed by atoms with E-state index in [1.165, 1.54) is 17.0 Å². The molecule has 1 N–H and O–H groups in total. The van der Waals surface area contributed by atoms with Crippen LogP contribution in [-0.2, 0) is 26.2 Å². The minimum atomic E-state index is -4.20. The Morgan fingerprint density at radius 2 is 1.47 bits per heavy atom. The summed E-state index contributed by atoms with van der Waals surface area (Å²) >= 11 is 12.5. The molecule has 4 rings (SSSR count). The Morgan fingerprint density at radius 1 is 0.860 bits per heavy atom. The van der Waals surface area contributed by atoms with Crippen LogP contribution in [0.5, 0.6) is 11.5 Å². The lowest BCUT2D eigenvalue weighted by Gasteiger charge is -2.32. The van der Waals surface area contributed by atoms with Crippen molar-refractivity contribution in [3.05, 3.63) is 119 Å². The molecule has 224 valence electrons. The van der Waals surface area contributed by atoms with Crippen LogP contribution in [-0.4, -0.2) is 44.3 Å². The number of halogens is 2. The fourth-order valence-corrected chi connectivity index (χ4v) is 6.19. The van der Waals surface area contributed by atoms with Gasteiger partial charge in [-0.05, 0) is 80.1 Å². The molecular weight excluding hydrogens is 609 g/mol. The number of rotatable bonds is 12. The van der Waals surface area contributed by atoms with E-state index in [2.05, 4.69) is 5.32 Å². The van der Waals surface area contributed by atoms with Gasteiger partial charge in [-0.2, -0.15) is 0 Å². The van der Waals surface area contributed by atoms with Crippen molar-refractivity contribution in [2.24, 2.45) is 0 Å². The maximum atomic E-state index is 14.0. The highest BCUT2D eigenvalue weighted by molar-refractivity contribution is 7.92. The molecule has 0 heterocycles. The highest BCUT2D eigenvalue weighted by atomic mass is 35.5. The Labute approximate surface area is 261 Å². The van der Waals surface area contributed by atoms with Crippen molar-refractivity contribution in [1.82, 2.24) is 10.2 Å². The summed E-state index contributed by atoms with van der Waals surface area (Å²) in [6.07, 6.45) is 0. The third-order valence-electron chi connectivity index (χ3n) is 6.59. The summed E-state index contributed by atoms with van der Waals surface area (Å²) in [5.74, 6) is 0.118. The Hall–Kier alpha value is -4.05. The van der Waals surface area contributed by atoms with Crippen LogP contribution < -0.4 is 14.4 Å². The molecule has 2 amide bonds. The monoisotopic (exact) mass is 639 g/mol. The second kappa shape index (κ2) is 14.4. The molecule has 8 nitrogen and oxygen atoms in total. The third kappa shape index (κ3) is 8.07. The van der Waals surface area contributed by atoms with E-state index < -0.39 is 28.5 Å². The second-order valence-corrected chi connectivity index (χ2v) is 12.3. The second-order valence-electron chi connectivity index (χ2n) is 9.56. The first-order valence-corrected chi connectivity index (χ1v) is 15.7. The molecule has 0 saturated carbocycles. The van der Waals surface area contributed by atoms with Gasteiger partial charge in [0.1, 0.15) is 24.1 Å². The number of anilines is 1. The average molecular weight is 641 g/mol. The van der Waals surface area contributed by atoms with Gasteiger partial charge in [-0.15, -0.1) is 0 Å². The van der Waals surface area contributed by atoms with Gasteiger partial charge in [0.05, 0.1) is 10.6 Å². The van der Waals surface area contributed by atoms with Gasteiger partial charge in [-0.1, -0.05) is 65.7 Å². The zero-order valence-corrected chi connectivity index (χ0v) is 25.9. The fourth-order valence-electron chi connectivity index (χ4n) is 4.29. The molecule has 0 unspecified atom stereocenters. The summed E-state index contributed by atoms with van der Waals surface area (Å²) in [6, 6.07) is 27.3. The largest absolute Gasteiger partial charge is 0.457 e. The number of sulfonamides is 1. The molecule has 0 aromatic heterocycles. The molecule has 0 fully saturated rings. The van der Waals surface area contributed by atoms with Crippen molar-refractivity contribution in [3.63, 3.8) is 0 Å². The zero-order chi connectivity index (χ0) is 31.0. The summed E-state index contributed by atoms with van der Waals surface area (Å²) in [4.78, 5) is 28.2. The lowest BCUT2D eigenvalue weighted by Crippen LogP contribution is -2.51. The van der Waals surface area contributed by atoms with Gasteiger partial charge in [-0.25, -0.2) is 8.42 Å². The number of para-hydroxylation sites is 1. The molecule has 11 heteroatoms. The van der Waals surface area contributed by atoms with E-state index in [9.17, 15) is 18.0 Å². The van der Waals surface area contributed by atoms with Crippen LogP contribution in [0.4, 0.5) is 5.69 Å². The van der Waals surface area contributed by atoms with Crippen LogP contribution in [0.25, 0.3) is 0 Å². The van der Waals surface area contributed by atoms with Crippen LogP contribution in [0, 0.1) is 0 Å². The summed E-state index contributed by atoms with van der Waals surface area (Å²) in [6.45, 7) is 3.09. The molecule has 0 aliphatic rings.